The van der Waals surface area contributed by atoms with Crippen molar-refractivity contribution in [1.29, 1.82) is 0 Å². The summed E-state index contributed by atoms with van der Waals surface area (Å²) in [5, 5.41) is 10.9. The van der Waals surface area contributed by atoms with Crippen molar-refractivity contribution in [3.63, 3.8) is 0 Å². The van der Waals surface area contributed by atoms with Crippen LogP contribution in [0.5, 0.6) is 0 Å². The Labute approximate surface area is 450 Å². The molecule has 0 bridgehead atoms. The minimum Gasteiger partial charge on any atom is -0.380 e. The van der Waals surface area contributed by atoms with Crippen molar-refractivity contribution in [2.24, 2.45) is 23.7 Å². The number of anilines is 1. The van der Waals surface area contributed by atoms with Crippen LogP contribution in [0.1, 0.15) is 127 Å². The Balaban J connectivity index is 0. The number of carbonyl (C=O) groups is 9. The highest BCUT2D eigenvalue weighted by Crippen LogP contribution is 2.25. The van der Waals surface area contributed by atoms with E-state index in [9.17, 15) is 43.2 Å². The molecular weight excluding hydrogens is 961 g/mol. The summed E-state index contributed by atoms with van der Waals surface area (Å²) >= 11 is 0. The molecule has 428 valence electrons. The number of amides is 7. The van der Waals surface area contributed by atoms with Crippen LogP contribution in [0.15, 0.2) is 36.4 Å². The van der Waals surface area contributed by atoms with Crippen molar-refractivity contribution in [2.75, 3.05) is 81.0 Å². The van der Waals surface area contributed by atoms with Gasteiger partial charge in [0.15, 0.2) is 0 Å². The normalized spacial score (nSPS) is 15.3. The topological polar surface area (TPSA) is 233 Å². The number of Topliss-reactive ketones (excluding diaryl/α,β-unsaturated/α-hetero) is 1. The van der Waals surface area contributed by atoms with E-state index in [1.807, 2.05) is 66.2 Å². The lowest BCUT2D eigenvalue weighted by atomic mass is 9.87. The largest absolute Gasteiger partial charge is 0.380 e. The number of rotatable bonds is 30. The fourth-order valence-corrected chi connectivity index (χ4v) is 7.83. The summed E-state index contributed by atoms with van der Waals surface area (Å²) in [4.78, 5) is 110. The zero-order valence-electron chi connectivity index (χ0n) is 49.0. The molecule has 19 nitrogen and oxygen atoms in total. The highest BCUT2D eigenvalue weighted by molar-refractivity contribution is 6.13. The van der Waals surface area contributed by atoms with Crippen molar-refractivity contribution in [2.45, 2.75) is 158 Å². The van der Waals surface area contributed by atoms with E-state index in [2.05, 4.69) is 55.9 Å². The molecule has 1 aromatic carbocycles. The first-order valence-corrected chi connectivity index (χ1v) is 26.6. The number of hydrogen-bond donors (Lipinski definition) is 4. The molecule has 9 atom stereocenters. The number of ether oxygens (including phenoxy) is 2. The van der Waals surface area contributed by atoms with Gasteiger partial charge in [0.05, 0.1) is 55.9 Å². The number of hydrogen-bond acceptors (Lipinski definition) is 13. The van der Waals surface area contributed by atoms with Gasteiger partial charge >= 0.3 is 0 Å². The van der Waals surface area contributed by atoms with Gasteiger partial charge < -0.3 is 45.3 Å². The van der Waals surface area contributed by atoms with Gasteiger partial charge in [-0.05, 0) is 90.2 Å². The van der Waals surface area contributed by atoms with Crippen molar-refractivity contribution in [3.05, 3.63) is 42.0 Å². The average Bonchev–Trinajstić information content (AvgIpc) is 3.70. The second-order valence-electron chi connectivity index (χ2n) is 19.8. The van der Waals surface area contributed by atoms with Crippen molar-refractivity contribution in [1.82, 2.24) is 35.6 Å². The van der Waals surface area contributed by atoms with E-state index in [4.69, 9.17) is 9.47 Å². The predicted octanol–water partition coefficient (Wildman–Crippen LogP) is 5.30. The molecule has 0 saturated heterocycles. The highest BCUT2D eigenvalue weighted by atomic mass is 16.5. The Morgan fingerprint density at radius 1 is 0.787 bits per heavy atom. The monoisotopic (exact) mass is 1060 g/mol. The van der Waals surface area contributed by atoms with Crippen LogP contribution in [0.2, 0.25) is 0 Å². The third-order valence-electron chi connectivity index (χ3n) is 13.3. The summed E-state index contributed by atoms with van der Waals surface area (Å²) in [6.45, 7) is 22.3. The van der Waals surface area contributed by atoms with Crippen LogP contribution in [-0.2, 0) is 59.0 Å². The van der Waals surface area contributed by atoms with Gasteiger partial charge in [-0.3, -0.25) is 48.2 Å². The Kier molecular flexibility index (Phi) is 38.2. The van der Waals surface area contributed by atoms with Gasteiger partial charge in [0.2, 0.25) is 29.5 Å². The van der Waals surface area contributed by atoms with Crippen LogP contribution in [-0.4, -0.2) is 179 Å². The number of ketones is 1. The molecule has 1 aromatic rings. The number of aldehydes is 1. The van der Waals surface area contributed by atoms with Gasteiger partial charge in [-0.15, -0.1) is 0 Å². The minimum atomic E-state index is -0.419. The van der Waals surface area contributed by atoms with E-state index in [-0.39, 0.29) is 104 Å². The third-order valence-corrected chi connectivity index (χ3v) is 13.3. The second kappa shape index (κ2) is 40.0. The number of nitrogens with one attached hydrogen (secondary N) is 4. The Morgan fingerprint density at radius 2 is 1.37 bits per heavy atom. The molecule has 0 aromatic heterocycles. The van der Waals surface area contributed by atoms with E-state index < -0.39 is 11.8 Å². The number of carbonyl (C=O) groups excluding carboxylic acids is 9. The van der Waals surface area contributed by atoms with E-state index in [1.165, 1.54) is 26.2 Å². The fourth-order valence-electron chi connectivity index (χ4n) is 7.83. The number of likely N-dealkylation sites (N-methyl/N-ethyl adjacent to an activating group) is 4. The molecule has 1 aliphatic heterocycles. The number of nitrogens with zero attached hydrogens (tertiary/aromatic N) is 4. The molecule has 4 N–H and O–H groups in total. The van der Waals surface area contributed by atoms with Crippen LogP contribution in [0.3, 0.4) is 0 Å². The van der Waals surface area contributed by atoms with Crippen molar-refractivity contribution in [3.8, 4) is 0 Å². The molecule has 19 heteroatoms. The molecule has 2 rings (SSSR count). The first kappa shape index (κ1) is 71.7. The smallest absolute Gasteiger partial charge is 0.254 e. The molecule has 75 heavy (non-hydrogen) atoms. The maximum absolute atomic E-state index is 13.2. The summed E-state index contributed by atoms with van der Waals surface area (Å²) in [5.74, 6) is -0.668. The molecule has 0 aliphatic carbocycles. The Hall–Kier alpha value is -5.37. The van der Waals surface area contributed by atoms with E-state index in [0.29, 0.717) is 30.9 Å². The molecule has 1 aliphatic rings. The van der Waals surface area contributed by atoms with E-state index in [0.717, 1.165) is 47.8 Å². The quantitative estimate of drug-likeness (QED) is 0.0567. The molecule has 9 unspecified atom stereocenters. The molecule has 1 heterocycles. The second-order valence-corrected chi connectivity index (χ2v) is 19.8. The first-order chi connectivity index (χ1) is 35.3. The zero-order chi connectivity index (χ0) is 58.0. The SMILES string of the molecule is CCC.CCC(C)C(C(CC(C)=O)OC)N(C)C(=O)CNC(=O)C(C)N(C)C.CCC(C)CCCC(C)C(OC)C(C)C(=O)N(C)CCc1cccc(NC(=O)CNC(=O)C(C)NC)c1.O=CCN1C(=O)C=CC1=O. The summed E-state index contributed by atoms with van der Waals surface area (Å²) in [7, 11) is 12.1. The molecule has 0 spiro atoms. The first-order valence-electron chi connectivity index (χ1n) is 26.6. The van der Waals surface area contributed by atoms with Crippen LogP contribution < -0.4 is 21.3 Å². The average molecular weight is 1060 g/mol. The summed E-state index contributed by atoms with van der Waals surface area (Å²) in [6.07, 6.45) is 9.98. The van der Waals surface area contributed by atoms with Crippen molar-refractivity contribution >= 4 is 59.1 Å². The predicted molar refractivity (Wildman–Crippen MR) is 297 cm³/mol. The molecular formula is C56H98N8O11. The molecule has 0 radical (unpaired) electrons. The highest BCUT2D eigenvalue weighted by Gasteiger charge is 2.34. The Morgan fingerprint density at radius 3 is 1.87 bits per heavy atom. The van der Waals surface area contributed by atoms with Gasteiger partial charge in [-0.1, -0.05) is 99.6 Å². The van der Waals surface area contributed by atoms with Crippen LogP contribution in [0.4, 0.5) is 5.69 Å². The molecule has 7 amide bonds. The third kappa shape index (κ3) is 28.4. The fraction of sp³-hybridized carbons (Fsp3) is 0.696. The van der Waals surface area contributed by atoms with Crippen LogP contribution >= 0.6 is 0 Å². The zero-order valence-corrected chi connectivity index (χ0v) is 49.0. The number of benzene rings is 1. The van der Waals surface area contributed by atoms with Gasteiger partial charge in [-0.25, -0.2) is 0 Å². The lowest BCUT2D eigenvalue weighted by Crippen LogP contribution is -2.53. The van der Waals surface area contributed by atoms with Gasteiger partial charge in [0.25, 0.3) is 11.8 Å². The maximum Gasteiger partial charge on any atom is 0.254 e. The minimum absolute atomic E-state index is 0.0223. The molecule has 0 fully saturated rings. The van der Waals surface area contributed by atoms with Gasteiger partial charge in [0.1, 0.15) is 12.1 Å². The van der Waals surface area contributed by atoms with Gasteiger partial charge in [0, 0.05) is 59.1 Å². The standard InChI is InChI=1S/C29H50N4O4.C18H35N3O4.C6H5NO3.C3H8/c1-9-20(2)12-10-13-21(3)27(37-8)22(4)29(36)33(7)17-16-24-14-11-15-25(18-24)32-26(34)19-31-28(35)23(5)30-6;1-9-12(2)17(15(25-8)10-13(3)22)21(7)16(23)11-19-18(24)14(4)20(5)6;8-4-3-7-5(9)1-2-6(7)10;1-3-2/h11,14-15,18,20-23,27,30H,9-10,12-13,16-17,19H2,1-8H3,(H,31,35)(H,32,34);12,14-15,17H,9-11H2,1-8H3,(H,19,24);1-2,4H,3H2;3H2,1-2H3. The number of methoxy groups -OCH3 is 2. The number of imide groups is 1. The summed E-state index contributed by atoms with van der Waals surface area (Å²) < 4.78 is 11.3. The molecule has 0 saturated carbocycles. The van der Waals surface area contributed by atoms with E-state index >= 15 is 0 Å². The van der Waals surface area contributed by atoms with E-state index in [1.54, 1.807) is 56.9 Å². The van der Waals surface area contributed by atoms with Crippen molar-refractivity contribution < 1.29 is 52.6 Å². The maximum atomic E-state index is 13.2. The lowest BCUT2D eigenvalue weighted by molar-refractivity contribution is -0.140. The summed E-state index contributed by atoms with van der Waals surface area (Å²) in [5.41, 5.74) is 1.67. The lowest BCUT2D eigenvalue weighted by Gasteiger charge is -2.37. The van der Waals surface area contributed by atoms with Crippen LogP contribution in [0, 0.1) is 23.7 Å². The Bertz CT molecular complexity index is 1910. The van der Waals surface area contributed by atoms with Gasteiger partial charge in [-0.2, -0.15) is 0 Å². The van der Waals surface area contributed by atoms with Crippen LogP contribution in [0.25, 0.3) is 0 Å². The summed E-state index contributed by atoms with van der Waals surface area (Å²) in [6, 6.07) is 6.65.